The molecule has 0 saturated heterocycles. The molecule has 0 radical (unpaired) electrons. The first-order chi connectivity index (χ1) is 21.8. The lowest BCUT2D eigenvalue weighted by Crippen LogP contribution is -1.97. The van der Waals surface area contributed by atoms with Gasteiger partial charge in [0.05, 0.1) is 22.6 Å². The average Bonchev–Trinajstić information content (AvgIpc) is 3.52. The average molecular weight is 609 g/mol. The van der Waals surface area contributed by atoms with Gasteiger partial charge in [0.25, 0.3) is 0 Å². The second kappa shape index (κ2) is 25.8. The van der Waals surface area contributed by atoms with E-state index in [1.807, 2.05) is 88.4 Å². The number of benzene rings is 1. The van der Waals surface area contributed by atoms with Crippen molar-refractivity contribution in [2.75, 3.05) is 0 Å². The molecule has 0 amide bonds. The molecule has 0 bridgehead atoms. The minimum atomic E-state index is 0.410. The minimum Gasteiger partial charge on any atom is -0.309 e. The number of hydrogen-bond acceptors (Lipinski definition) is 0. The molecular weight excluding hydrogens is 551 g/mol. The second-order valence-electron chi connectivity index (χ2n) is 9.18. The van der Waals surface area contributed by atoms with Crippen molar-refractivity contribution in [3.05, 3.63) is 140 Å². The third-order valence-corrected chi connectivity index (χ3v) is 5.66. The molecule has 0 saturated carbocycles. The molecule has 2 nitrogen and oxygen atoms in total. The molecule has 0 N–H and O–H groups in total. The molecule has 3 heteroatoms. The Labute approximate surface area is 274 Å². The Morgan fingerprint density at radius 1 is 0.689 bits per heavy atom. The van der Waals surface area contributed by atoms with E-state index in [-0.39, 0.29) is 0 Å². The van der Waals surface area contributed by atoms with E-state index in [9.17, 15) is 4.48 Å². The van der Waals surface area contributed by atoms with E-state index in [0.29, 0.717) is 16.2 Å². The summed E-state index contributed by atoms with van der Waals surface area (Å²) >= 11 is 0. The number of aromatic nitrogens is 2. The van der Waals surface area contributed by atoms with Gasteiger partial charge in [-0.25, -0.2) is 0 Å². The number of fused-ring (bicyclic) bond motifs is 1. The summed E-state index contributed by atoms with van der Waals surface area (Å²) in [5, 5.41) is 1.17. The molecule has 0 atom stereocenters. The maximum absolute atomic E-state index is 13.8. The standard InChI is InChI=1S/C21H21N.C13H14FN.2C3H8.C2H6/c1-5-9-10-14-17(13-6-2)22-20(8-4)18(7-3)19-15-11-12-16-21(19)22;1-5-9-11-10(6-2)12(7-3)15(14)13(11)8-4;2*1-3-2;1-2/h5-16H,2-4H2,1H3;5-9H,2-4H2,1H3;2*3H2,1-2H3;1-2H3/b9-5-,14-10+,17-13+;9-5-;;;. The van der Waals surface area contributed by atoms with Crippen LogP contribution in [0, 0.1) is 0 Å². The van der Waals surface area contributed by atoms with Crippen LogP contribution < -0.4 is 0 Å². The lowest BCUT2D eigenvalue weighted by atomic mass is 10.1. The molecule has 2 aromatic heterocycles. The van der Waals surface area contributed by atoms with Crippen molar-refractivity contribution >= 4 is 53.1 Å². The monoisotopic (exact) mass is 608 g/mol. The van der Waals surface area contributed by atoms with Gasteiger partial charge in [-0.3, -0.25) is 0 Å². The molecule has 1 aromatic carbocycles. The summed E-state index contributed by atoms with van der Waals surface area (Å²) < 4.78 is 15.9. The van der Waals surface area contributed by atoms with Gasteiger partial charge in [-0.05, 0) is 50.3 Å². The van der Waals surface area contributed by atoms with Crippen molar-refractivity contribution in [3.63, 3.8) is 0 Å². The summed E-state index contributed by atoms with van der Waals surface area (Å²) in [5.41, 5.74) is 6.65. The topological polar surface area (TPSA) is 9.86 Å². The third kappa shape index (κ3) is 12.1. The Balaban J connectivity index is 0. The zero-order valence-electron chi connectivity index (χ0n) is 29.2. The first-order valence-electron chi connectivity index (χ1n) is 15.8. The quantitative estimate of drug-likeness (QED) is 0.203. The van der Waals surface area contributed by atoms with Gasteiger partial charge in [-0.15, -0.1) is 0 Å². The predicted molar refractivity (Wildman–Crippen MR) is 210 cm³/mol. The number of rotatable bonds is 10. The van der Waals surface area contributed by atoms with Crippen molar-refractivity contribution in [2.45, 2.75) is 68.2 Å². The Morgan fingerprint density at radius 2 is 1.20 bits per heavy atom. The molecule has 2 heterocycles. The van der Waals surface area contributed by atoms with Crippen LogP contribution in [0.2, 0.25) is 0 Å². The van der Waals surface area contributed by atoms with Crippen LogP contribution >= 0.6 is 0 Å². The lowest BCUT2D eigenvalue weighted by Gasteiger charge is -2.09. The predicted octanol–water partition coefficient (Wildman–Crippen LogP) is 14.1. The number of hydrogen-bond donors (Lipinski definition) is 0. The van der Waals surface area contributed by atoms with Crippen molar-refractivity contribution in [1.82, 2.24) is 9.36 Å². The second-order valence-corrected chi connectivity index (χ2v) is 9.18. The summed E-state index contributed by atoms with van der Waals surface area (Å²) in [5.74, 6) is 0. The van der Waals surface area contributed by atoms with Gasteiger partial charge in [0.1, 0.15) is 0 Å². The Kier molecular flexibility index (Phi) is 24.4. The molecule has 0 spiro atoms. The fourth-order valence-corrected chi connectivity index (χ4v) is 4.12. The highest BCUT2D eigenvalue weighted by atomic mass is 19.2. The van der Waals surface area contributed by atoms with Gasteiger partial charge in [-0.2, -0.15) is 4.79 Å². The number of allylic oxidation sites excluding steroid dienone is 8. The molecule has 0 aliphatic heterocycles. The first-order valence-corrected chi connectivity index (χ1v) is 15.8. The third-order valence-electron chi connectivity index (χ3n) is 5.66. The molecular formula is C42H57FN2. The van der Waals surface area contributed by atoms with Gasteiger partial charge in [0.15, 0.2) is 0 Å². The molecule has 242 valence electrons. The smallest absolute Gasteiger partial charge is 0.0820 e. The van der Waals surface area contributed by atoms with Gasteiger partial charge in [0.2, 0.25) is 0 Å². The van der Waals surface area contributed by atoms with Crippen molar-refractivity contribution < 1.29 is 4.48 Å². The highest BCUT2D eigenvalue weighted by Crippen LogP contribution is 2.31. The van der Waals surface area contributed by atoms with Crippen LogP contribution in [0.25, 0.3) is 53.1 Å². The molecule has 3 rings (SSSR count). The Hall–Kier alpha value is -4.63. The first kappa shape index (κ1) is 42.5. The van der Waals surface area contributed by atoms with Gasteiger partial charge >= 0.3 is 0 Å². The van der Waals surface area contributed by atoms with E-state index < -0.39 is 0 Å². The van der Waals surface area contributed by atoms with Crippen LogP contribution in [-0.4, -0.2) is 9.36 Å². The molecule has 0 aliphatic carbocycles. The van der Waals surface area contributed by atoms with E-state index in [0.717, 1.165) is 33.6 Å². The van der Waals surface area contributed by atoms with E-state index in [4.69, 9.17) is 0 Å². The fourth-order valence-electron chi connectivity index (χ4n) is 4.12. The summed E-state index contributed by atoms with van der Waals surface area (Å²) in [4.78, 5) is 0.576. The number of nitrogens with zero attached hydrogens (tertiary/aromatic N) is 2. The molecule has 3 aromatic rings. The maximum Gasteiger partial charge on any atom is 0.0820 e. The van der Waals surface area contributed by atoms with E-state index in [1.165, 1.54) is 30.4 Å². The van der Waals surface area contributed by atoms with Crippen molar-refractivity contribution in [2.24, 2.45) is 0 Å². The summed E-state index contributed by atoms with van der Waals surface area (Å²) in [7, 11) is 0. The SMILES string of the molecule is C=C\C=C(/C=C/C=C\C)n1c(C=C)c(C=C)c2ccccc21.C=Cc1c(/C=C\C)c(C=C)n(F)c1C=C.CC.CCC.CCC. The normalized spacial score (nSPS) is 10.5. The highest BCUT2D eigenvalue weighted by molar-refractivity contribution is 5.96. The van der Waals surface area contributed by atoms with E-state index in [1.54, 1.807) is 12.2 Å². The zero-order chi connectivity index (χ0) is 34.8. The molecule has 0 fully saturated rings. The lowest BCUT2D eigenvalue weighted by molar-refractivity contribution is 0.365. The Morgan fingerprint density at radius 3 is 1.64 bits per heavy atom. The highest BCUT2D eigenvalue weighted by Gasteiger charge is 2.15. The Bertz CT molecular complexity index is 1480. The van der Waals surface area contributed by atoms with Crippen LogP contribution in [0.1, 0.15) is 102 Å². The minimum absolute atomic E-state index is 0.410. The van der Waals surface area contributed by atoms with Gasteiger partial charge in [-0.1, -0.05) is 165 Å². The van der Waals surface area contributed by atoms with Crippen LogP contribution in [0.3, 0.4) is 0 Å². The van der Waals surface area contributed by atoms with Crippen LogP contribution in [-0.2, 0) is 0 Å². The fraction of sp³-hybridized carbons (Fsp3) is 0.238. The largest absolute Gasteiger partial charge is 0.309 e. The summed E-state index contributed by atoms with van der Waals surface area (Å²) in [6, 6.07) is 8.30. The zero-order valence-corrected chi connectivity index (χ0v) is 29.2. The summed E-state index contributed by atoms with van der Waals surface area (Å²) in [6.45, 7) is 39.0. The maximum atomic E-state index is 13.8. The number of halogens is 1. The molecule has 45 heavy (non-hydrogen) atoms. The van der Waals surface area contributed by atoms with E-state index >= 15 is 0 Å². The summed E-state index contributed by atoms with van der Waals surface area (Å²) in [6.07, 6.45) is 26.4. The van der Waals surface area contributed by atoms with Crippen molar-refractivity contribution in [3.8, 4) is 0 Å². The van der Waals surface area contributed by atoms with Crippen LogP contribution in [0.4, 0.5) is 4.48 Å². The van der Waals surface area contributed by atoms with Crippen LogP contribution in [0.15, 0.2) is 106 Å². The van der Waals surface area contributed by atoms with Gasteiger partial charge < -0.3 is 4.57 Å². The molecule has 0 aliphatic rings. The van der Waals surface area contributed by atoms with E-state index in [2.05, 4.69) is 89.9 Å². The molecule has 0 unspecified atom stereocenters. The van der Waals surface area contributed by atoms with Gasteiger partial charge in [0, 0.05) is 27.8 Å². The number of para-hydroxylation sites is 1. The van der Waals surface area contributed by atoms with Crippen molar-refractivity contribution in [1.29, 1.82) is 0 Å². The van der Waals surface area contributed by atoms with Crippen LogP contribution in [0.5, 0.6) is 0 Å².